The standard InChI is InChI=1S/C15H17N3O3/c1-3-21-15(20)13(11-7-5-4-6-8-11)18-10-9-12(17-18)14(19)16-2/h4-10,13H,3H2,1-2H3,(H,16,19). The van der Waals surface area contributed by atoms with Gasteiger partial charge in [0.2, 0.25) is 0 Å². The Bertz CT molecular complexity index is 622. The SMILES string of the molecule is CCOC(=O)C(c1ccccc1)n1ccc(C(=O)NC)n1. The van der Waals surface area contributed by atoms with E-state index in [0.717, 1.165) is 5.56 Å². The molecule has 0 aliphatic rings. The molecule has 1 heterocycles. The molecule has 1 N–H and O–H groups in total. The van der Waals surface area contributed by atoms with Crippen molar-refractivity contribution in [2.24, 2.45) is 0 Å². The van der Waals surface area contributed by atoms with E-state index >= 15 is 0 Å². The Morgan fingerprint density at radius 1 is 1.29 bits per heavy atom. The molecule has 6 heteroatoms. The van der Waals surface area contributed by atoms with Gasteiger partial charge in [-0.3, -0.25) is 9.48 Å². The first kappa shape index (κ1) is 14.8. The number of aromatic nitrogens is 2. The Labute approximate surface area is 122 Å². The second kappa shape index (κ2) is 6.69. The second-order valence-corrected chi connectivity index (χ2v) is 4.33. The maximum Gasteiger partial charge on any atom is 0.335 e. The normalized spacial score (nSPS) is 11.7. The molecule has 2 aromatic rings. The van der Waals surface area contributed by atoms with E-state index in [9.17, 15) is 9.59 Å². The lowest BCUT2D eigenvalue weighted by Gasteiger charge is -2.16. The van der Waals surface area contributed by atoms with Crippen LogP contribution >= 0.6 is 0 Å². The van der Waals surface area contributed by atoms with Crippen LogP contribution in [0, 0.1) is 0 Å². The lowest BCUT2D eigenvalue weighted by molar-refractivity contribution is -0.146. The second-order valence-electron chi connectivity index (χ2n) is 4.33. The topological polar surface area (TPSA) is 73.2 Å². The monoisotopic (exact) mass is 287 g/mol. The highest BCUT2D eigenvalue weighted by Gasteiger charge is 2.25. The largest absolute Gasteiger partial charge is 0.464 e. The number of nitrogens with one attached hydrogen (secondary N) is 1. The van der Waals surface area contributed by atoms with Gasteiger partial charge in [0.25, 0.3) is 5.91 Å². The van der Waals surface area contributed by atoms with Gasteiger partial charge in [0.1, 0.15) is 5.69 Å². The van der Waals surface area contributed by atoms with Crippen LogP contribution in [0.5, 0.6) is 0 Å². The number of rotatable bonds is 5. The summed E-state index contributed by atoms with van der Waals surface area (Å²) < 4.78 is 6.55. The average Bonchev–Trinajstić information content (AvgIpc) is 2.97. The summed E-state index contributed by atoms with van der Waals surface area (Å²) in [5, 5.41) is 6.66. The van der Waals surface area contributed by atoms with E-state index in [0.29, 0.717) is 0 Å². The van der Waals surface area contributed by atoms with Gasteiger partial charge in [-0.1, -0.05) is 30.3 Å². The van der Waals surface area contributed by atoms with Crippen LogP contribution in [0.25, 0.3) is 0 Å². The Balaban J connectivity index is 2.38. The van der Waals surface area contributed by atoms with Gasteiger partial charge in [-0.15, -0.1) is 0 Å². The molecule has 2 rings (SSSR count). The zero-order valence-electron chi connectivity index (χ0n) is 11.9. The van der Waals surface area contributed by atoms with Gasteiger partial charge >= 0.3 is 5.97 Å². The zero-order valence-corrected chi connectivity index (χ0v) is 11.9. The Morgan fingerprint density at radius 3 is 2.62 bits per heavy atom. The van der Waals surface area contributed by atoms with Crippen LogP contribution in [0.1, 0.15) is 29.0 Å². The molecule has 6 nitrogen and oxygen atoms in total. The number of carbonyl (C=O) groups is 2. The van der Waals surface area contributed by atoms with E-state index in [1.54, 1.807) is 19.2 Å². The smallest absolute Gasteiger partial charge is 0.335 e. The van der Waals surface area contributed by atoms with Crippen LogP contribution in [-0.4, -0.2) is 35.3 Å². The van der Waals surface area contributed by atoms with Gasteiger partial charge < -0.3 is 10.1 Å². The van der Waals surface area contributed by atoms with E-state index in [4.69, 9.17) is 4.74 Å². The highest BCUT2D eigenvalue weighted by molar-refractivity contribution is 5.92. The zero-order chi connectivity index (χ0) is 15.2. The minimum absolute atomic E-state index is 0.253. The van der Waals surface area contributed by atoms with E-state index in [-0.39, 0.29) is 18.2 Å². The summed E-state index contributed by atoms with van der Waals surface area (Å²) in [4.78, 5) is 23.8. The molecule has 0 bridgehead atoms. The van der Waals surface area contributed by atoms with E-state index in [2.05, 4.69) is 10.4 Å². The number of ether oxygens (including phenoxy) is 1. The number of amides is 1. The van der Waals surface area contributed by atoms with Gasteiger partial charge in [-0.05, 0) is 18.6 Å². The van der Waals surface area contributed by atoms with E-state index in [1.165, 1.54) is 11.7 Å². The lowest BCUT2D eigenvalue weighted by atomic mass is 10.1. The number of nitrogens with zero attached hydrogens (tertiary/aromatic N) is 2. The molecular formula is C15H17N3O3. The highest BCUT2D eigenvalue weighted by Crippen LogP contribution is 2.19. The number of esters is 1. The number of hydrogen-bond acceptors (Lipinski definition) is 4. The van der Waals surface area contributed by atoms with Crippen molar-refractivity contribution in [1.82, 2.24) is 15.1 Å². The fraction of sp³-hybridized carbons (Fsp3) is 0.267. The molecule has 0 radical (unpaired) electrons. The summed E-state index contributed by atoms with van der Waals surface area (Å²) in [6, 6.07) is 10.0. The third-order valence-corrected chi connectivity index (χ3v) is 2.96. The number of carbonyl (C=O) groups excluding carboxylic acids is 2. The summed E-state index contributed by atoms with van der Waals surface area (Å²) in [6.07, 6.45) is 1.60. The minimum atomic E-state index is -0.704. The first-order valence-corrected chi connectivity index (χ1v) is 6.66. The van der Waals surface area contributed by atoms with E-state index in [1.807, 2.05) is 30.3 Å². The summed E-state index contributed by atoms with van der Waals surface area (Å²) in [6.45, 7) is 2.03. The molecule has 21 heavy (non-hydrogen) atoms. The predicted molar refractivity (Wildman–Crippen MR) is 76.8 cm³/mol. The van der Waals surface area contributed by atoms with Gasteiger partial charge in [-0.2, -0.15) is 5.10 Å². The fourth-order valence-electron chi connectivity index (χ4n) is 1.98. The molecule has 1 aromatic heterocycles. The molecule has 0 fully saturated rings. The van der Waals surface area contributed by atoms with Crippen molar-refractivity contribution in [3.8, 4) is 0 Å². The van der Waals surface area contributed by atoms with Crippen molar-refractivity contribution in [2.45, 2.75) is 13.0 Å². The summed E-state index contributed by atoms with van der Waals surface area (Å²) >= 11 is 0. The molecule has 110 valence electrons. The lowest BCUT2D eigenvalue weighted by Crippen LogP contribution is -2.25. The molecule has 1 aromatic carbocycles. The first-order chi connectivity index (χ1) is 10.2. The summed E-state index contributed by atoms with van der Waals surface area (Å²) in [5.74, 6) is -0.709. The van der Waals surface area contributed by atoms with E-state index < -0.39 is 12.0 Å². The first-order valence-electron chi connectivity index (χ1n) is 6.66. The van der Waals surface area contributed by atoms with Gasteiger partial charge in [0.05, 0.1) is 6.61 Å². The van der Waals surface area contributed by atoms with Crippen LogP contribution < -0.4 is 5.32 Å². The van der Waals surface area contributed by atoms with Crippen molar-refractivity contribution in [3.05, 3.63) is 53.9 Å². The van der Waals surface area contributed by atoms with Crippen LogP contribution in [0.15, 0.2) is 42.6 Å². The molecule has 0 spiro atoms. The minimum Gasteiger partial charge on any atom is -0.464 e. The average molecular weight is 287 g/mol. The van der Waals surface area contributed by atoms with Crippen LogP contribution in [0.2, 0.25) is 0 Å². The van der Waals surface area contributed by atoms with Gasteiger partial charge in [-0.25, -0.2) is 4.79 Å². The quantitative estimate of drug-likeness (QED) is 0.844. The maximum atomic E-state index is 12.2. The Kier molecular flexibility index (Phi) is 4.71. The summed E-state index contributed by atoms with van der Waals surface area (Å²) in [5.41, 5.74) is 1.00. The van der Waals surface area contributed by atoms with Crippen molar-refractivity contribution >= 4 is 11.9 Å². The van der Waals surface area contributed by atoms with Crippen molar-refractivity contribution in [1.29, 1.82) is 0 Å². The van der Waals surface area contributed by atoms with Crippen molar-refractivity contribution in [3.63, 3.8) is 0 Å². The van der Waals surface area contributed by atoms with Gasteiger partial charge in [0.15, 0.2) is 6.04 Å². The molecule has 0 aliphatic heterocycles. The molecule has 1 unspecified atom stereocenters. The molecule has 1 atom stereocenters. The van der Waals surface area contributed by atoms with Crippen molar-refractivity contribution < 1.29 is 14.3 Å². The van der Waals surface area contributed by atoms with Crippen molar-refractivity contribution in [2.75, 3.05) is 13.7 Å². The van der Waals surface area contributed by atoms with Crippen LogP contribution in [-0.2, 0) is 9.53 Å². The maximum absolute atomic E-state index is 12.2. The Morgan fingerprint density at radius 2 is 2.00 bits per heavy atom. The highest BCUT2D eigenvalue weighted by atomic mass is 16.5. The Hall–Kier alpha value is -2.63. The molecule has 0 saturated heterocycles. The predicted octanol–water partition coefficient (Wildman–Crippen LogP) is 1.40. The summed E-state index contributed by atoms with van der Waals surface area (Å²) in [7, 11) is 1.53. The number of hydrogen-bond donors (Lipinski definition) is 1. The van der Waals surface area contributed by atoms with Crippen LogP contribution in [0.3, 0.4) is 0 Å². The molecule has 0 aliphatic carbocycles. The fourth-order valence-corrected chi connectivity index (χ4v) is 1.98. The molecule has 0 saturated carbocycles. The molecular weight excluding hydrogens is 270 g/mol. The van der Waals surface area contributed by atoms with Crippen LogP contribution in [0.4, 0.5) is 0 Å². The van der Waals surface area contributed by atoms with Gasteiger partial charge in [0, 0.05) is 13.2 Å². The molecule has 1 amide bonds. The third kappa shape index (κ3) is 3.28. The number of benzene rings is 1. The third-order valence-electron chi connectivity index (χ3n) is 2.96.